The van der Waals surface area contributed by atoms with Crippen LogP contribution in [0.3, 0.4) is 0 Å². The Morgan fingerprint density at radius 1 is 1.21 bits per heavy atom. The molecule has 0 saturated heterocycles. The van der Waals surface area contributed by atoms with Crippen LogP contribution in [0.25, 0.3) is 0 Å². The number of hydrogen-bond acceptors (Lipinski definition) is 4. The van der Waals surface area contributed by atoms with Crippen LogP contribution >= 0.6 is 0 Å². The van der Waals surface area contributed by atoms with Gasteiger partial charge in [0.05, 0.1) is 0 Å². The molecule has 1 aliphatic carbocycles. The number of carbonyl (C=O) groups excluding carboxylic acids is 1. The molecule has 0 spiro atoms. The lowest BCUT2D eigenvalue weighted by Gasteiger charge is -2.44. The number of aliphatic hydroxyl groups is 1. The normalized spacial score (nSPS) is 24.0. The van der Waals surface area contributed by atoms with E-state index in [1.165, 1.54) is 5.56 Å². The molecule has 0 radical (unpaired) electrons. The molecule has 1 aromatic carbocycles. The third-order valence-electron chi connectivity index (χ3n) is 6.44. The third-order valence-corrected chi connectivity index (χ3v) is 6.44. The van der Waals surface area contributed by atoms with Gasteiger partial charge < -0.3 is 14.3 Å². The van der Waals surface area contributed by atoms with E-state index in [1.54, 1.807) is 6.07 Å². The fraction of sp³-hybridized carbons (Fsp3) is 0.542. The average molecular weight is 385 g/mol. The summed E-state index contributed by atoms with van der Waals surface area (Å²) in [6, 6.07) is 12.1. The topological polar surface area (TPSA) is 59.7 Å². The van der Waals surface area contributed by atoms with Gasteiger partial charge in [0, 0.05) is 5.92 Å². The summed E-state index contributed by atoms with van der Waals surface area (Å²) in [4.78, 5) is 12.7. The summed E-state index contributed by atoms with van der Waals surface area (Å²) in [5.74, 6) is 1.02. The van der Waals surface area contributed by atoms with E-state index in [0.717, 1.165) is 24.8 Å². The molecule has 2 aromatic rings. The minimum absolute atomic E-state index is 0.130. The first-order valence-corrected chi connectivity index (χ1v) is 10.2. The van der Waals surface area contributed by atoms with Gasteiger partial charge in [0.2, 0.25) is 6.10 Å². The van der Waals surface area contributed by atoms with Gasteiger partial charge in [0.1, 0.15) is 17.6 Å². The minimum Gasteiger partial charge on any atom is -0.463 e. The molecule has 3 rings (SSSR count). The van der Waals surface area contributed by atoms with Gasteiger partial charge in [-0.1, -0.05) is 57.5 Å². The van der Waals surface area contributed by atoms with Gasteiger partial charge in [0.15, 0.2) is 0 Å². The van der Waals surface area contributed by atoms with Gasteiger partial charge in [-0.15, -0.1) is 0 Å². The summed E-state index contributed by atoms with van der Waals surface area (Å²) >= 11 is 0. The van der Waals surface area contributed by atoms with E-state index >= 15 is 0 Å². The maximum Gasteiger partial charge on any atom is 0.343 e. The van der Waals surface area contributed by atoms with E-state index < -0.39 is 12.1 Å². The van der Waals surface area contributed by atoms with Crippen LogP contribution in [-0.2, 0) is 14.9 Å². The highest BCUT2D eigenvalue weighted by atomic mass is 16.6. The molecule has 1 fully saturated rings. The molecule has 1 N–H and O–H groups in total. The van der Waals surface area contributed by atoms with Crippen LogP contribution in [-0.4, -0.2) is 17.2 Å². The summed E-state index contributed by atoms with van der Waals surface area (Å²) in [5, 5.41) is 10.5. The van der Waals surface area contributed by atoms with Crippen molar-refractivity contribution in [3.63, 3.8) is 0 Å². The van der Waals surface area contributed by atoms with Crippen LogP contribution in [0.4, 0.5) is 0 Å². The molecule has 0 bridgehead atoms. The second-order valence-electron chi connectivity index (χ2n) is 8.88. The number of ether oxygens (including phenoxy) is 1. The van der Waals surface area contributed by atoms with Crippen molar-refractivity contribution in [2.45, 2.75) is 71.5 Å². The lowest BCUT2D eigenvalue weighted by Crippen LogP contribution is -2.44. The second kappa shape index (κ2) is 8.12. The van der Waals surface area contributed by atoms with Crippen LogP contribution in [0.1, 0.15) is 68.8 Å². The zero-order chi connectivity index (χ0) is 20.5. The molecule has 1 aromatic heterocycles. The smallest absolute Gasteiger partial charge is 0.343 e. The zero-order valence-electron chi connectivity index (χ0n) is 17.6. The Bertz CT molecular complexity index is 786. The van der Waals surface area contributed by atoms with Crippen LogP contribution in [0.5, 0.6) is 0 Å². The standard InChI is InChI=1S/C24H32O4/c1-15-11-12-19(24(4,5)18-9-7-6-8-10-18)20(13-15)28-23(26)22(25)21-14-16(2)17(3)27-21/h6-10,14-15,19-20,22,25H,11-13H2,1-5H3/t15-,19-,20-,22+/m1/s1. The van der Waals surface area contributed by atoms with Crippen molar-refractivity contribution >= 4 is 5.97 Å². The van der Waals surface area contributed by atoms with E-state index in [1.807, 2.05) is 19.9 Å². The van der Waals surface area contributed by atoms with E-state index in [4.69, 9.17) is 9.15 Å². The highest BCUT2D eigenvalue weighted by Crippen LogP contribution is 2.44. The second-order valence-corrected chi connectivity index (χ2v) is 8.88. The molecule has 1 saturated carbocycles. The monoisotopic (exact) mass is 384 g/mol. The van der Waals surface area contributed by atoms with E-state index in [2.05, 4.69) is 45.0 Å². The van der Waals surface area contributed by atoms with E-state index in [0.29, 0.717) is 11.7 Å². The Labute approximate surface area is 167 Å². The summed E-state index contributed by atoms with van der Waals surface area (Å²) < 4.78 is 11.4. The summed E-state index contributed by atoms with van der Waals surface area (Å²) in [5.41, 5.74) is 2.03. The van der Waals surface area contributed by atoms with Crippen molar-refractivity contribution in [1.82, 2.24) is 0 Å². The molecule has 0 amide bonds. The van der Waals surface area contributed by atoms with Gasteiger partial charge in [-0.2, -0.15) is 0 Å². The van der Waals surface area contributed by atoms with Crippen molar-refractivity contribution in [1.29, 1.82) is 0 Å². The summed E-state index contributed by atoms with van der Waals surface area (Å²) in [7, 11) is 0. The number of aliphatic hydroxyl groups excluding tert-OH is 1. The van der Waals surface area contributed by atoms with Crippen LogP contribution in [0.15, 0.2) is 40.8 Å². The molecule has 1 aliphatic rings. The molecule has 28 heavy (non-hydrogen) atoms. The van der Waals surface area contributed by atoms with E-state index in [9.17, 15) is 9.90 Å². The molecule has 0 unspecified atom stereocenters. The van der Waals surface area contributed by atoms with E-state index in [-0.39, 0.29) is 23.2 Å². The van der Waals surface area contributed by atoms with Crippen LogP contribution < -0.4 is 0 Å². The highest BCUT2D eigenvalue weighted by molar-refractivity contribution is 5.75. The highest BCUT2D eigenvalue weighted by Gasteiger charge is 2.42. The first-order chi connectivity index (χ1) is 13.2. The Kier molecular flexibility index (Phi) is 5.99. The van der Waals surface area contributed by atoms with Gasteiger partial charge in [-0.25, -0.2) is 4.79 Å². The minimum atomic E-state index is -1.38. The van der Waals surface area contributed by atoms with Crippen LogP contribution in [0.2, 0.25) is 0 Å². The quantitative estimate of drug-likeness (QED) is 0.715. The SMILES string of the molecule is Cc1cc([C@H](O)C(=O)O[C@@H]2C[C@H](C)CC[C@H]2C(C)(C)c2ccccc2)oc1C. The first kappa shape index (κ1) is 20.7. The Balaban J connectivity index is 1.79. The number of rotatable bonds is 5. The Hall–Kier alpha value is -2.07. The molecule has 4 nitrogen and oxygen atoms in total. The van der Waals surface area contributed by atoms with Crippen molar-refractivity contribution in [2.75, 3.05) is 0 Å². The molecule has 0 aliphatic heterocycles. The lowest BCUT2D eigenvalue weighted by atomic mass is 9.64. The molecular formula is C24H32O4. The first-order valence-electron chi connectivity index (χ1n) is 10.2. The van der Waals surface area contributed by atoms with Gasteiger partial charge in [-0.3, -0.25) is 0 Å². The lowest BCUT2D eigenvalue weighted by molar-refractivity contribution is -0.167. The third kappa shape index (κ3) is 4.17. The number of furan rings is 1. The number of aryl methyl sites for hydroxylation is 2. The maximum atomic E-state index is 12.7. The molecule has 1 heterocycles. The largest absolute Gasteiger partial charge is 0.463 e. The molecule has 152 valence electrons. The summed E-state index contributed by atoms with van der Waals surface area (Å²) in [6.45, 7) is 10.3. The van der Waals surface area contributed by atoms with Crippen molar-refractivity contribution in [3.8, 4) is 0 Å². The zero-order valence-corrected chi connectivity index (χ0v) is 17.6. The number of esters is 1. The fourth-order valence-corrected chi connectivity index (χ4v) is 4.43. The average Bonchev–Trinajstić information content (AvgIpc) is 3.00. The van der Waals surface area contributed by atoms with Crippen molar-refractivity contribution in [3.05, 3.63) is 59.0 Å². The number of carbonyl (C=O) groups is 1. The predicted octanol–water partition coefficient (Wildman–Crippen LogP) is 5.26. The summed E-state index contributed by atoms with van der Waals surface area (Å²) in [6.07, 6.45) is 1.32. The fourth-order valence-electron chi connectivity index (χ4n) is 4.43. The Morgan fingerprint density at radius 2 is 1.89 bits per heavy atom. The van der Waals surface area contributed by atoms with Gasteiger partial charge in [-0.05, 0) is 55.2 Å². The molecule has 4 heteroatoms. The Morgan fingerprint density at radius 3 is 2.50 bits per heavy atom. The molecule has 4 atom stereocenters. The van der Waals surface area contributed by atoms with Crippen LogP contribution in [0, 0.1) is 25.7 Å². The number of benzene rings is 1. The van der Waals surface area contributed by atoms with Crippen molar-refractivity contribution < 1.29 is 19.1 Å². The molecular weight excluding hydrogens is 352 g/mol. The predicted molar refractivity (Wildman–Crippen MR) is 109 cm³/mol. The van der Waals surface area contributed by atoms with Gasteiger partial charge in [0.25, 0.3) is 0 Å². The van der Waals surface area contributed by atoms with Crippen molar-refractivity contribution in [2.24, 2.45) is 11.8 Å². The maximum absolute atomic E-state index is 12.7. The van der Waals surface area contributed by atoms with Gasteiger partial charge >= 0.3 is 5.97 Å². The number of hydrogen-bond donors (Lipinski definition) is 1.